The van der Waals surface area contributed by atoms with E-state index in [-0.39, 0.29) is 24.9 Å². The fourth-order valence-corrected chi connectivity index (χ4v) is 3.76. The molecular formula is C24H21BrN4O2. The van der Waals surface area contributed by atoms with E-state index in [1.807, 2.05) is 71.3 Å². The Labute approximate surface area is 188 Å². The van der Waals surface area contributed by atoms with Gasteiger partial charge in [0, 0.05) is 22.8 Å². The minimum Gasteiger partial charge on any atom is -0.345 e. The van der Waals surface area contributed by atoms with Gasteiger partial charge in [-0.2, -0.15) is 0 Å². The van der Waals surface area contributed by atoms with Crippen molar-refractivity contribution in [2.45, 2.75) is 13.1 Å². The lowest BCUT2D eigenvalue weighted by Crippen LogP contribution is -2.31. The van der Waals surface area contributed by atoms with Gasteiger partial charge in [-0.3, -0.25) is 9.59 Å². The third kappa shape index (κ3) is 4.67. The Kier molecular flexibility index (Phi) is 6.13. The topological polar surface area (TPSA) is 67.2 Å². The van der Waals surface area contributed by atoms with E-state index in [2.05, 4.69) is 26.2 Å². The van der Waals surface area contributed by atoms with E-state index in [9.17, 15) is 9.59 Å². The van der Waals surface area contributed by atoms with E-state index in [4.69, 9.17) is 0 Å². The molecule has 0 aliphatic heterocycles. The van der Waals surface area contributed by atoms with Gasteiger partial charge in [-0.1, -0.05) is 52.3 Å². The van der Waals surface area contributed by atoms with Gasteiger partial charge in [0.2, 0.25) is 5.91 Å². The Hall–Kier alpha value is -3.45. The van der Waals surface area contributed by atoms with Crippen LogP contribution in [-0.4, -0.2) is 28.4 Å². The van der Waals surface area contributed by atoms with Crippen LogP contribution in [0.5, 0.6) is 0 Å². The monoisotopic (exact) mass is 476 g/mol. The van der Waals surface area contributed by atoms with Crippen molar-refractivity contribution in [2.75, 3.05) is 11.9 Å². The van der Waals surface area contributed by atoms with E-state index in [1.54, 1.807) is 24.1 Å². The lowest BCUT2D eigenvalue weighted by Gasteiger charge is -2.19. The van der Waals surface area contributed by atoms with Crippen molar-refractivity contribution in [2.24, 2.45) is 0 Å². The summed E-state index contributed by atoms with van der Waals surface area (Å²) in [6.45, 7) is 0.330. The molecule has 0 bridgehead atoms. The van der Waals surface area contributed by atoms with Crippen LogP contribution in [0.4, 0.5) is 5.69 Å². The predicted molar refractivity (Wildman–Crippen MR) is 125 cm³/mol. The highest BCUT2D eigenvalue weighted by atomic mass is 79.9. The predicted octanol–water partition coefficient (Wildman–Crippen LogP) is 4.39. The first-order valence-electron chi connectivity index (χ1n) is 9.82. The first kappa shape index (κ1) is 20.8. The Bertz CT molecular complexity index is 1240. The standard InChI is InChI=1S/C24H21BrN4O2/c1-28(19-10-3-2-4-11-19)23(30)16-29-21-13-6-5-12-20(21)27-22(29)15-26-24(31)17-8-7-9-18(25)14-17/h2-14H,15-16H2,1H3,(H,26,31). The second-order valence-corrected chi connectivity index (χ2v) is 8.00. The number of para-hydroxylation sites is 3. The van der Waals surface area contributed by atoms with E-state index < -0.39 is 0 Å². The van der Waals surface area contributed by atoms with Crippen molar-refractivity contribution >= 4 is 44.5 Å². The molecule has 0 spiro atoms. The number of hydrogen-bond donors (Lipinski definition) is 1. The molecule has 0 aliphatic rings. The number of amides is 2. The molecule has 3 aromatic carbocycles. The first-order valence-corrected chi connectivity index (χ1v) is 10.6. The van der Waals surface area contributed by atoms with Crippen LogP contribution in [0.1, 0.15) is 16.2 Å². The normalized spacial score (nSPS) is 10.8. The number of aromatic nitrogens is 2. The number of hydrogen-bond acceptors (Lipinski definition) is 3. The summed E-state index contributed by atoms with van der Waals surface area (Å²) in [6.07, 6.45) is 0. The summed E-state index contributed by atoms with van der Waals surface area (Å²) in [7, 11) is 1.76. The average Bonchev–Trinajstić information content (AvgIpc) is 3.14. The molecule has 1 heterocycles. The molecule has 0 saturated carbocycles. The molecule has 2 amide bonds. The fraction of sp³-hybridized carbons (Fsp3) is 0.125. The number of halogens is 1. The molecule has 31 heavy (non-hydrogen) atoms. The summed E-state index contributed by atoms with van der Waals surface area (Å²) in [5, 5.41) is 2.91. The van der Waals surface area contributed by atoms with Gasteiger partial charge in [0.15, 0.2) is 0 Å². The van der Waals surface area contributed by atoms with Crippen LogP contribution >= 0.6 is 15.9 Å². The van der Waals surface area contributed by atoms with Gasteiger partial charge in [-0.25, -0.2) is 4.98 Å². The molecule has 0 unspecified atom stereocenters. The van der Waals surface area contributed by atoms with Gasteiger partial charge in [0.25, 0.3) is 5.91 Å². The zero-order chi connectivity index (χ0) is 21.8. The summed E-state index contributed by atoms with van der Waals surface area (Å²) in [4.78, 5) is 31.8. The zero-order valence-electron chi connectivity index (χ0n) is 17.0. The number of nitrogens with one attached hydrogen (secondary N) is 1. The third-order valence-electron chi connectivity index (χ3n) is 5.04. The number of rotatable bonds is 6. The first-order chi connectivity index (χ1) is 15.0. The molecule has 0 aliphatic carbocycles. The summed E-state index contributed by atoms with van der Waals surface area (Å²) >= 11 is 3.38. The minimum atomic E-state index is -0.201. The van der Waals surface area contributed by atoms with Crippen molar-refractivity contribution in [3.05, 3.63) is 94.7 Å². The zero-order valence-corrected chi connectivity index (χ0v) is 18.5. The molecule has 0 saturated heterocycles. The van der Waals surface area contributed by atoms with Gasteiger partial charge in [0.05, 0.1) is 17.6 Å². The van der Waals surface area contributed by atoms with Crippen LogP contribution in [0.15, 0.2) is 83.3 Å². The highest BCUT2D eigenvalue weighted by Gasteiger charge is 2.18. The Morgan fingerprint density at radius 1 is 1.00 bits per heavy atom. The van der Waals surface area contributed by atoms with Gasteiger partial charge in [-0.15, -0.1) is 0 Å². The average molecular weight is 477 g/mol. The number of fused-ring (bicyclic) bond motifs is 1. The van der Waals surface area contributed by atoms with Crippen LogP contribution in [0, 0.1) is 0 Å². The maximum atomic E-state index is 13.0. The van der Waals surface area contributed by atoms with Crippen molar-refractivity contribution in [1.29, 1.82) is 0 Å². The van der Waals surface area contributed by atoms with E-state index >= 15 is 0 Å². The Morgan fingerprint density at radius 2 is 1.74 bits per heavy atom. The molecule has 0 radical (unpaired) electrons. The van der Waals surface area contributed by atoms with Crippen LogP contribution in [0.3, 0.4) is 0 Å². The largest absolute Gasteiger partial charge is 0.345 e. The number of likely N-dealkylation sites (N-methyl/N-ethyl adjacent to an activating group) is 1. The molecule has 1 N–H and O–H groups in total. The maximum Gasteiger partial charge on any atom is 0.251 e. The number of carbonyl (C=O) groups is 2. The van der Waals surface area contributed by atoms with Crippen LogP contribution in [0.25, 0.3) is 11.0 Å². The van der Waals surface area contributed by atoms with Crippen LogP contribution in [-0.2, 0) is 17.9 Å². The van der Waals surface area contributed by atoms with Crippen molar-refractivity contribution in [3.63, 3.8) is 0 Å². The smallest absolute Gasteiger partial charge is 0.251 e. The highest BCUT2D eigenvalue weighted by Crippen LogP contribution is 2.18. The van der Waals surface area contributed by atoms with Crippen LogP contribution in [0.2, 0.25) is 0 Å². The third-order valence-corrected chi connectivity index (χ3v) is 5.53. The van der Waals surface area contributed by atoms with E-state index in [1.165, 1.54) is 0 Å². The van der Waals surface area contributed by atoms with Crippen molar-refractivity contribution < 1.29 is 9.59 Å². The molecule has 156 valence electrons. The maximum absolute atomic E-state index is 13.0. The van der Waals surface area contributed by atoms with E-state index in [0.717, 1.165) is 21.2 Å². The highest BCUT2D eigenvalue weighted by molar-refractivity contribution is 9.10. The molecule has 6 nitrogen and oxygen atoms in total. The summed E-state index contributed by atoms with van der Waals surface area (Å²) in [5.41, 5.74) is 3.01. The van der Waals surface area contributed by atoms with Gasteiger partial charge in [-0.05, 0) is 42.5 Å². The SMILES string of the molecule is CN(C(=O)Cn1c(CNC(=O)c2cccc(Br)c2)nc2ccccc21)c1ccccc1. The lowest BCUT2D eigenvalue weighted by molar-refractivity contribution is -0.118. The quantitative estimate of drug-likeness (QED) is 0.448. The molecule has 4 aromatic rings. The molecular weight excluding hydrogens is 456 g/mol. The van der Waals surface area contributed by atoms with E-state index in [0.29, 0.717) is 11.4 Å². The number of carbonyl (C=O) groups excluding carboxylic acids is 2. The number of nitrogens with zero attached hydrogens (tertiary/aromatic N) is 3. The Morgan fingerprint density at radius 3 is 2.52 bits per heavy atom. The van der Waals surface area contributed by atoms with Gasteiger partial charge in [0.1, 0.15) is 12.4 Å². The summed E-state index contributed by atoms with van der Waals surface area (Å²) in [5.74, 6) is 0.348. The lowest BCUT2D eigenvalue weighted by atomic mass is 10.2. The van der Waals surface area contributed by atoms with Gasteiger partial charge >= 0.3 is 0 Å². The minimum absolute atomic E-state index is 0.0751. The second kappa shape index (κ2) is 9.14. The fourth-order valence-electron chi connectivity index (χ4n) is 3.36. The Balaban J connectivity index is 1.57. The van der Waals surface area contributed by atoms with Crippen molar-refractivity contribution in [1.82, 2.24) is 14.9 Å². The van der Waals surface area contributed by atoms with Crippen LogP contribution < -0.4 is 10.2 Å². The molecule has 0 fully saturated rings. The molecule has 1 aromatic heterocycles. The van der Waals surface area contributed by atoms with Gasteiger partial charge < -0.3 is 14.8 Å². The molecule has 4 rings (SSSR count). The summed E-state index contributed by atoms with van der Waals surface area (Å²) < 4.78 is 2.69. The molecule has 0 atom stereocenters. The number of benzene rings is 3. The number of anilines is 1. The summed E-state index contributed by atoms with van der Waals surface area (Å²) in [6, 6.07) is 24.3. The van der Waals surface area contributed by atoms with Crippen molar-refractivity contribution in [3.8, 4) is 0 Å². The number of imidazole rings is 1. The molecule has 7 heteroatoms. The second-order valence-electron chi connectivity index (χ2n) is 7.08.